The number of amides is 2. The van der Waals surface area contributed by atoms with Crippen LogP contribution >= 0.6 is 0 Å². The molecule has 2 unspecified atom stereocenters. The van der Waals surface area contributed by atoms with E-state index in [9.17, 15) is 14.4 Å². The van der Waals surface area contributed by atoms with Crippen LogP contribution in [0.4, 0.5) is 4.79 Å². The number of carbonyl (C=O) groups is 3. The van der Waals surface area contributed by atoms with E-state index < -0.39 is 26.7 Å². The van der Waals surface area contributed by atoms with Crippen molar-refractivity contribution in [2.75, 3.05) is 20.3 Å². The molecule has 0 aliphatic carbocycles. The maximum atomic E-state index is 13.2. The molecule has 9 heteroatoms. The van der Waals surface area contributed by atoms with Crippen LogP contribution in [0.1, 0.15) is 53.9 Å². The fourth-order valence-corrected chi connectivity index (χ4v) is 6.59. The minimum Gasteiger partial charge on any atom is -0.445 e. The first kappa shape index (κ1) is 29.3. The Morgan fingerprint density at radius 2 is 1.89 bits per heavy atom. The van der Waals surface area contributed by atoms with E-state index >= 15 is 0 Å². The first-order valence-electron chi connectivity index (χ1n) is 12.5. The predicted octanol–water partition coefficient (Wildman–Crippen LogP) is 3.61. The lowest BCUT2D eigenvalue weighted by atomic mass is 9.63. The van der Waals surface area contributed by atoms with Crippen LogP contribution in [0.25, 0.3) is 0 Å². The highest BCUT2D eigenvalue weighted by Crippen LogP contribution is 2.45. The number of carbonyl (C=O) groups excluding carboxylic acids is 3. The molecule has 2 fully saturated rings. The van der Waals surface area contributed by atoms with E-state index in [1.807, 2.05) is 13.0 Å². The molecule has 1 N–H and O–H groups in total. The molecule has 2 aliphatic heterocycles. The molecule has 0 spiro atoms. The van der Waals surface area contributed by atoms with E-state index in [1.54, 1.807) is 18.9 Å². The van der Waals surface area contributed by atoms with Gasteiger partial charge in [-0.05, 0) is 50.8 Å². The molecule has 2 heterocycles. The summed E-state index contributed by atoms with van der Waals surface area (Å²) in [7, 11) is 0.160. The summed E-state index contributed by atoms with van der Waals surface area (Å²) < 4.78 is 17.0. The second-order valence-electron chi connectivity index (χ2n) is 11.1. The quantitative estimate of drug-likeness (QED) is 0.198. The standard InChI is InChI=1S/C26H44N2O6Si/c1-10-13-33-24(31)28-18(11-12-19(28)16-32-7)14-17(2)21(29)15-20-22(23(30)27-20)26(6,25(3,4)5)34-35(8)9/h10,14,18-20,22,35H,1,11-13,15-16H2,2-9H3,(H,27,30)/b17-14+/t18?,19?,20-,22-,26-/m1/s1. The summed E-state index contributed by atoms with van der Waals surface area (Å²) in [5.74, 6) is -0.504. The van der Waals surface area contributed by atoms with Crippen LogP contribution in [0.3, 0.4) is 0 Å². The summed E-state index contributed by atoms with van der Waals surface area (Å²) in [6.45, 7) is 18.3. The Bertz CT molecular complexity index is 836. The van der Waals surface area contributed by atoms with Crippen LogP contribution in [-0.4, -0.2) is 75.8 Å². The van der Waals surface area contributed by atoms with Crippen molar-refractivity contribution < 1.29 is 28.3 Å². The molecule has 35 heavy (non-hydrogen) atoms. The van der Waals surface area contributed by atoms with Gasteiger partial charge in [0.15, 0.2) is 14.8 Å². The third kappa shape index (κ3) is 6.62. The molecule has 8 nitrogen and oxygen atoms in total. The third-order valence-corrected chi connectivity index (χ3v) is 8.27. The maximum Gasteiger partial charge on any atom is 0.410 e. The fraction of sp³-hybridized carbons (Fsp3) is 0.731. The van der Waals surface area contributed by atoms with Crippen molar-refractivity contribution in [3.8, 4) is 0 Å². The zero-order valence-electron chi connectivity index (χ0n) is 22.7. The second-order valence-corrected chi connectivity index (χ2v) is 13.5. The Morgan fingerprint density at radius 1 is 1.23 bits per heavy atom. The Kier molecular flexibility index (Phi) is 9.90. The number of Topliss-reactive ketones (excluding diaryl/α,β-unsaturated/α-hetero) is 1. The summed E-state index contributed by atoms with van der Waals surface area (Å²) >= 11 is 0. The molecule has 0 radical (unpaired) electrons. The number of likely N-dealkylation sites (tertiary alicyclic amines) is 1. The molecule has 0 aromatic rings. The van der Waals surface area contributed by atoms with Crippen LogP contribution in [0.2, 0.25) is 13.1 Å². The number of hydrogen-bond acceptors (Lipinski definition) is 6. The van der Waals surface area contributed by atoms with E-state index in [4.69, 9.17) is 13.9 Å². The third-order valence-electron chi connectivity index (χ3n) is 7.30. The number of nitrogens with zero attached hydrogens (tertiary/aromatic N) is 1. The van der Waals surface area contributed by atoms with Crippen molar-refractivity contribution >= 4 is 26.8 Å². The van der Waals surface area contributed by atoms with Crippen LogP contribution in [-0.2, 0) is 23.5 Å². The molecule has 2 amide bonds. The summed E-state index contributed by atoms with van der Waals surface area (Å²) in [4.78, 5) is 40.2. The molecule has 198 valence electrons. The van der Waals surface area contributed by atoms with Gasteiger partial charge in [-0.15, -0.1) is 0 Å². The summed E-state index contributed by atoms with van der Waals surface area (Å²) in [5, 5.41) is 2.94. The van der Waals surface area contributed by atoms with Gasteiger partial charge in [0.05, 0.1) is 36.3 Å². The lowest BCUT2D eigenvalue weighted by Gasteiger charge is -2.54. The highest BCUT2D eigenvalue weighted by Gasteiger charge is 2.57. The summed E-state index contributed by atoms with van der Waals surface area (Å²) in [5.41, 5.74) is -0.361. The Hall–Kier alpha value is -1.97. The second kappa shape index (κ2) is 11.8. The van der Waals surface area contributed by atoms with Gasteiger partial charge in [0.2, 0.25) is 5.91 Å². The van der Waals surface area contributed by atoms with Crippen molar-refractivity contribution in [2.24, 2.45) is 11.3 Å². The average Bonchev–Trinajstić information content (AvgIpc) is 3.12. The van der Waals surface area contributed by atoms with Crippen molar-refractivity contribution in [3.63, 3.8) is 0 Å². The van der Waals surface area contributed by atoms with Crippen LogP contribution in [0.15, 0.2) is 24.3 Å². The minimum atomic E-state index is -1.44. The average molecular weight is 509 g/mol. The van der Waals surface area contributed by atoms with Crippen molar-refractivity contribution in [3.05, 3.63) is 24.3 Å². The number of nitrogens with one attached hydrogen (secondary N) is 1. The van der Waals surface area contributed by atoms with Gasteiger partial charge in [-0.2, -0.15) is 0 Å². The Morgan fingerprint density at radius 3 is 2.40 bits per heavy atom. The minimum absolute atomic E-state index is 0.0485. The van der Waals surface area contributed by atoms with E-state index in [0.717, 1.165) is 12.8 Å². The van der Waals surface area contributed by atoms with Crippen molar-refractivity contribution in [1.82, 2.24) is 10.2 Å². The van der Waals surface area contributed by atoms with E-state index in [2.05, 4.69) is 45.8 Å². The molecule has 5 atom stereocenters. The largest absolute Gasteiger partial charge is 0.445 e. The van der Waals surface area contributed by atoms with Gasteiger partial charge < -0.3 is 19.2 Å². The Balaban J connectivity index is 2.18. The predicted molar refractivity (Wildman–Crippen MR) is 139 cm³/mol. The first-order chi connectivity index (χ1) is 16.3. The zero-order valence-corrected chi connectivity index (χ0v) is 23.8. The van der Waals surface area contributed by atoms with Gasteiger partial charge >= 0.3 is 6.09 Å². The SMILES string of the molecule is C=CCOC(=O)N1C(/C=C(\C)C(=O)C[C@H]2NC(=O)[C@@H]2[C@@](C)(O[SiH](C)C)C(C)(C)C)CCC1COC. The van der Waals surface area contributed by atoms with Gasteiger partial charge in [0.1, 0.15) is 6.61 Å². The maximum absolute atomic E-state index is 13.2. The smallest absolute Gasteiger partial charge is 0.410 e. The van der Waals surface area contributed by atoms with Crippen molar-refractivity contribution in [2.45, 2.75) is 90.7 Å². The van der Waals surface area contributed by atoms with Gasteiger partial charge in [-0.1, -0.05) is 39.5 Å². The molecular formula is C26H44N2O6Si. The summed E-state index contributed by atoms with van der Waals surface area (Å²) in [6, 6.07) is -0.645. The number of ketones is 1. The number of hydrogen-bond donors (Lipinski definition) is 1. The van der Waals surface area contributed by atoms with Gasteiger partial charge in [-0.25, -0.2) is 4.79 Å². The molecule has 0 aromatic carbocycles. The van der Waals surface area contributed by atoms with Gasteiger partial charge in [0.25, 0.3) is 0 Å². The molecule has 2 aliphatic rings. The zero-order chi connectivity index (χ0) is 26.6. The lowest BCUT2D eigenvalue weighted by Crippen LogP contribution is -2.70. The molecular weight excluding hydrogens is 464 g/mol. The normalized spacial score (nSPS) is 26.7. The van der Waals surface area contributed by atoms with Crippen LogP contribution < -0.4 is 5.32 Å². The molecule has 2 rings (SSSR count). The van der Waals surface area contributed by atoms with Crippen molar-refractivity contribution in [1.29, 1.82) is 0 Å². The molecule has 0 bridgehead atoms. The molecule has 2 saturated heterocycles. The number of methoxy groups -OCH3 is 1. The van der Waals surface area contributed by atoms with Gasteiger partial charge in [0, 0.05) is 13.5 Å². The van der Waals surface area contributed by atoms with E-state index in [0.29, 0.717) is 12.2 Å². The number of β-lactam (4-membered cyclic amide) rings is 1. The van der Waals surface area contributed by atoms with Crippen LogP contribution in [0.5, 0.6) is 0 Å². The highest BCUT2D eigenvalue weighted by molar-refractivity contribution is 6.48. The monoisotopic (exact) mass is 508 g/mol. The summed E-state index contributed by atoms with van der Waals surface area (Å²) in [6.07, 6.45) is 4.62. The lowest BCUT2D eigenvalue weighted by molar-refractivity contribution is -0.160. The highest BCUT2D eigenvalue weighted by atomic mass is 28.3. The van der Waals surface area contributed by atoms with Gasteiger partial charge in [-0.3, -0.25) is 14.5 Å². The molecule has 0 saturated carbocycles. The topological polar surface area (TPSA) is 94.2 Å². The number of rotatable bonds is 11. The Labute approximate surface area is 212 Å². The van der Waals surface area contributed by atoms with E-state index in [1.165, 1.54) is 6.08 Å². The number of allylic oxidation sites excluding steroid dienone is 1. The molecule has 0 aromatic heterocycles. The fourth-order valence-electron chi connectivity index (χ4n) is 5.11. The van der Waals surface area contributed by atoms with E-state index in [-0.39, 0.29) is 48.3 Å². The number of ether oxygens (including phenoxy) is 2. The van der Waals surface area contributed by atoms with Crippen LogP contribution in [0, 0.1) is 11.3 Å². The first-order valence-corrected chi connectivity index (χ1v) is 15.3.